The predicted octanol–water partition coefficient (Wildman–Crippen LogP) is 4.62. The van der Waals surface area contributed by atoms with E-state index in [1.807, 2.05) is 0 Å². The summed E-state index contributed by atoms with van der Waals surface area (Å²) in [5, 5.41) is 5.35. The zero-order valence-electron chi connectivity index (χ0n) is 14.5. The van der Waals surface area contributed by atoms with Crippen molar-refractivity contribution in [1.82, 2.24) is 9.97 Å². The van der Waals surface area contributed by atoms with Crippen molar-refractivity contribution in [3.8, 4) is 0 Å². The topological polar surface area (TPSA) is 66.9 Å². The molecule has 0 aliphatic carbocycles. The fourth-order valence-electron chi connectivity index (χ4n) is 2.13. The second kappa shape index (κ2) is 8.61. The monoisotopic (exact) mass is 382 g/mol. The molecular formula is C18H18F4N4O. The van der Waals surface area contributed by atoms with Gasteiger partial charge in [0.15, 0.2) is 0 Å². The number of carbonyl (C=O) groups excluding carboxylic acids is 1. The van der Waals surface area contributed by atoms with Gasteiger partial charge in [-0.15, -0.1) is 0 Å². The Morgan fingerprint density at radius 2 is 1.85 bits per heavy atom. The highest BCUT2D eigenvalue weighted by atomic mass is 19.4. The molecule has 1 heterocycles. The Hall–Kier alpha value is -2.97. The number of hydrogen-bond acceptors (Lipinski definition) is 4. The molecule has 2 aromatic rings. The quantitative estimate of drug-likeness (QED) is 0.686. The Bertz CT molecular complexity index is 806. The van der Waals surface area contributed by atoms with Crippen LogP contribution in [0.4, 0.5) is 29.1 Å². The van der Waals surface area contributed by atoms with Crippen molar-refractivity contribution in [2.45, 2.75) is 25.9 Å². The van der Waals surface area contributed by atoms with Crippen molar-refractivity contribution in [2.24, 2.45) is 5.92 Å². The average molecular weight is 382 g/mol. The molecular weight excluding hydrogens is 364 g/mol. The predicted molar refractivity (Wildman–Crippen MR) is 93.2 cm³/mol. The summed E-state index contributed by atoms with van der Waals surface area (Å²) < 4.78 is 50.7. The van der Waals surface area contributed by atoms with Crippen LogP contribution in [0.25, 0.3) is 0 Å². The SMILES string of the molecule is C=C(CCC(C)C(=O)Nc1ccc(F)cc1)Nc1ccnc(C(F)(F)F)n1. The van der Waals surface area contributed by atoms with Crippen LogP contribution in [0, 0.1) is 11.7 Å². The average Bonchev–Trinajstić information content (AvgIpc) is 2.61. The molecule has 0 aliphatic rings. The van der Waals surface area contributed by atoms with Crippen molar-refractivity contribution in [3.05, 3.63) is 60.4 Å². The molecule has 0 fully saturated rings. The van der Waals surface area contributed by atoms with E-state index in [4.69, 9.17) is 0 Å². The van der Waals surface area contributed by atoms with Gasteiger partial charge in [0.05, 0.1) is 0 Å². The maximum Gasteiger partial charge on any atom is 0.451 e. The molecule has 27 heavy (non-hydrogen) atoms. The summed E-state index contributed by atoms with van der Waals surface area (Å²) in [5.41, 5.74) is 0.897. The van der Waals surface area contributed by atoms with Crippen molar-refractivity contribution in [3.63, 3.8) is 0 Å². The highest BCUT2D eigenvalue weighted by molar-refractivity contribution is 5.92. The third kappa shape index (κ3) is 6.36. The molecule has 0 saturated heterocycles. The Balaban J connectivity index is 1.84. The normalized spacial score (nSPS) is 12.3. The molecule has 2 N–H and O–H groups in total. The lowest BCUT2D eigenvalue weighted by Crippen LogP contribution is -2.20. The molecule has 0 saturated carbocycles. The third-order valence-electron chi connectivity index (χ3n) is 3.65. The first-order valence-corrected chi connectivity index (χ1v) is 8.06. The summed E-state index contributed by atoms with van der Waals surface area (Å²) in [6.45, 7) is 5.45. The van der Waals surface area contributed by atoms with Crippen LogP contribution in [-0.4, -0.2) is 15.9 Å². The standard InChI is InChI=1S/C18H18F4N4O/c1-11(16(27)25-14-7-5-13(19)6-8-14)3-4-12(2)24-15-9-10-23-17(26-15)18(20,21)22/h5-11H,2-4H2,1H3,(H,25,27)(H,23,24,26). The lowest BCUT2D eigenvalue weighted by molar-refractivity contribution is -0.144. The van der Waals surface area contributed by atoms with E-state index in [9.17, 15) is 22.4 Å². The Kier molecular flexibility index (Phi) is 6.49. The number of alkyl halides is 3. The van der Waals surface area contributed by atoms with E-state index in [0.29, 0.717) is 24.2 Å². The van der Waals surface area contributed by atoms with E-state index in [0.717, 1.165) is 6.20 Å². The number of nitrogens with zero attached hydrogens (tertiary/aromatic N) is 2. The number of aromatic nitrogens is 2. The highest BCUT2D eigenvalue weighted by Gasteiger charge is 2.34. The Morgan fingerprint density at radius 3 is 2.48 bits per heavy atom. The number of hydrogen-bond donors (Lipinski definition) is 2. The van der Waals surface area contributed by atoms with E-state index in [1.54, 1.807) is 6.92 Å². The molecule has 1 aromatic heterocycles. The van der Waals surface area contributed by atoms with Gasteiger partial charge in [-0.25, -0.2) is 14.4 Å². The summed E-state index contributed by atoms with van der Waals surface area (Å²) in [6, 6.07) is 6.68. The zero-order valence-corrected chi connectivity index (χ0v) is 14.5. The van der Waals surface area contributed by atoms with Gasteiger partial charge in [-0.05, 0) is 43.2 Å². The van der Waals surface area contributed by atoms with Crippen molar-refractivity contribution in [2.75, 3.05) is 10.6 Å². The molecule has 1 aromatic carbocycles. The van der Waals surface area contributed by atoms with Crippen molar-refractivity contribution < 1.29 is 22.4 Å². The smallest absolute Gasteiger partial charge is 0.344 e. The first-order valence-electron chi connectivity index (χ1n) is 8.06. The minimum Gasteiger partial charge on any atom is -0.344 e. The lowest BCUT2D eigenvalue weighted by atomic mass is 10.0. The highest BCUT2D eigenvalue weighted by Crippen LogP contribution is 2.26. The lowest BCUT2D eigenvalue weighted by Gasteiger charge is -2.14. The number of halogens is 4. The molecule has 0 radical (unpaired) electrons. The number of benzene rings is 1. The minimum atomic E-state index is -4.63. The number of anilines is 2. The molecule has 5 nitrogen and oxygen atoms in total. The van der Waals surface area contributed by atoms with Gasteiger partial charge in [0.1, 0.15) is 11.6 Å². The van der Waals surface area contributed by atoms with Gasteiger partial charge in [0.2, 0.25) is 11.7 Å². The van der Waals surface area contributed by atoms with Crippen LogP contribution in [0.5, 0.6) is 0 Å². The van der Waals surface area contributed by atoms with Gasteiger partial charge >= 0.3 is 6.18 Å². The molecule has 1 amide bonds. The molecule has 2 rings (SSSR count). The second-order valence-electron chi connectivity index (χ2n) is 5.93. The van der Waals surface area contributed by atoms with Crippen LogP contribution in [0.3, 0.4) is 0 Å². The Labute approximate surface area is 153 Å². The van der Waals surface area contributed by atoms with Gasteiger partial charge < -0.3 is 10.6 Å². The number of allylic oxidation sites excluding steroid dienone is 1. The Morgan fingerprint density at radius 1 is 1.19 bits per heavy atom. The maximum absolute atomic E-state index is 12.9. The van der Waals surface area contributed by atoms with Crippen molar-refractivity contribution in [1.29, 1.82) is 0 Å². The van der Waals surface area contributed by atoms with Crippen LogP contribution in [0.15, 0.2) is 48.8 Å². The largest absolute Gasteiger partial charge is 0.451 e. The molecule has 9 heteroatoms. The van der Waals surface area contributed by atoms with E-state index < -0.39 is 17.8 Å². The molecule has 1 atom stereocenters. The van der Waals surface area contributed by atoms with Crippen LogP contribution in [-0.2, 0) is 11.0 Å². The number of rotatable bonds is 7. The molecule has 0 bridgehead atoms. The van der Waals surface area contributed by atoms with E-state index >= 15 is 0 Å². The van der Waals surface area contributed by atoms with Gasteiger partial charge in [-0.2, -0.15) is 13.2 Å². The maximum atomic E-state index is 12.9. The first-order chi connectivity index (χ1) is 12.6. The van der Waals surface area contributed by atoms with E-state index in [1.165, 1.54) is 30.3 Å². The van der Waals surface area contributed by atoms with Crippen LogP contribution in [0.2, 0.25) is 0 Å². The van der Waals surface area contributed by atoms with E-state index in [-0.39, 0.29) is 17.6 Å². The number of amides is 1. The third-order valence-corrected chi connectivity index (χ3v) is 3.65. The van der Waals surface area contributed by atoms with Gasteiger partial charge in [0.25, 0.3) is 0 Å². The zero-order chi connectivity index (χ0) is 20.0. The minimum absolute atomic E-state index is 0.0225. The van der Waals surface area contributed by atoms with E-state index in [2.05, 4.69) is 27.2 Å². The fourth-order valence-corrected chi connectivity index (χ4v) is 2.13. The molecule has 0 spiro atoms. The molecule has 1 unspecified atom stereocenters. The van der Waals surface area contributed by atoms with Gasteiger partial charge in [0, 0.05) is 23.5 Å². The summed E-state index contributed by atoms with van der Waals surface area (Å²) in [4.78, 5) is 18.7. The molecule has 0 aliphatic heterocycles. The van der Waals surface area contributed by atoms with Crippen LogP contribution >= 0.6 is 0 Å². The van der Waals surface area contributed by atoms with Crippen LogP contribution in [0.1, 0.15) is 25.6 Å². The first kappa shape index (κ1) is 20.3. The summed E-state index contributed by atoms with van der Waals surface area (Å²) in [5.74, 6) is -2.31. The van der Waals surface area contributed by atoms with Crippen LogP contribution < -0.4 is 10.6 Å². The summed E-state index contributed by atoms with van der Waals surface area (Å²) in [6.07, 6.45) is -2.87. The number of carbonyl (C=O) groups is 1. The number of nitrogens with one attached hydrogen (secondary N) is 2. The summed E-state index contributed by atoms with van der Waals surface area (Å²) in [7, 11) is 0. The fraction of sp³-hybridized carbons (Fsp3) is 0.278. The molecule has 144 valence electrons. The van der Waals surface area contributed by atoms with Gasteiger partial charge in [-0.3, -0.25) is 4.79 Å². The summed E-state index contributed by atoms with van der Waals surface area (Å²) >= 11 is 0. The van der Waals surface area contributed by atoms with Crippen molar-refractivity contribution >= 4 is 17.4 Å². The second-order valence-corrected chi connectivity index (χ2v) is 5.93. The van der Waals surface area contributed by atoms with Gasteiger partial charge in [-0.1, -0.05) is 13.5 Å².